The molecule has 2 saturated carbocycles. The van der Waals surface area contributed by atoms with Crippen molar-refractivity contribution in [3.05, 3.63) is 36.5 Å². The van der Waals surface area contributed by atoms with Crippen molar-refractivity contribution in [3.63, 3.8) is 0 Å². The van der Waals surface area contributed by atoms with Gasteiger partial charge in [0.15, 0.2) is 0 Å². The van der Waals surface area contributed by atoms with E-state index in [-0.39, 0.29) is 0 Å². The lowest BCUT2D eigenvalue weighted by atomic mass is 9.60. The first-order chi connectivity index (χ1) is 10.3. The van der Waals surface area contributed by atoms with Crippen LogP contribution in [0.1, 0.15) is 72.6 Å². The van der Waals surface area contributed by atoms with E-state index in [0.717, 1.165) is 24.2 Å². The van der Waals surface area contributed by atoms with E-state index < -0.39 is 0 Å². The van der Waals surface area contributed by atoms with Crippen molar-refractivity contribution in [1.29, 1.82) is 0 Å². The number of hydrogen-bond acceptors (Lipinski definition) is 0. The second kappa shape index (κ2) is 6.77. The fourth-order valence-corrected chi connectivity index (χ4v) is 5.54. The van der Waals surface area contributed by atoms with Crippen LogP contribution in [0.4, 0.5) is 0 Å². The summed E-state index contributed by atoms with van der Waals surface area (Å²) in [6.07, 6.45) is 9.09. The topological polar surface area (TPSA) is 0 Å². The highest BCUT2D eigenvalue weighted by Gasteiger charge is 2.50. The molecule has 0 N–H and O–H groups in total. The molecular formula is C22H36. The first kappa shape index (κ1) is 17.6. The highest BCUT2D eigenvalue weighted by atomic mass is 14.5. The van der Waals surface area contributed by atoms with Crippen molar-refractivity contribution in [2.24, 2.45) is 29.1 Å². The van der Waals surface area contributed by atoms with Gasteiger partial charge in [0.1, 0.15) is 0 Å². The molecule has 0 spiro atoms. The molecule has 0 heterocycles. The van der Waals surface area contributed by atoms with E-state index in [4.69, 9.17) is 0 Å². The van der Waals surface area contributed by atoms with Gasteiger partial charge in [-0.2, -0.15) is 0 Å². The summed E-state index contributed by atoms with van der Waals surface area (Å²) in [5.41, 5.74) is 4.57. The van der Waals surface area contributed by atoms with Gasteiger partial charge in [-0.1, -0.05) is 58.6 Å². The lowest BCUT2D eigenvalue weighted by molar-refractivity contribution is 0.0906. The van der Waals surface area contributed by atoms with Crippen molar-refractivity contribution in [1.82, 2.24) is 0 Å². The van der Waals surface area contributed by atoms with E-state index in [1.165, 1.54) is 49.7 Å². The minimum Gasteiger partial charge on any atom is -0.0996 e. The maximum Gasteiger partial charge on any atom is -0.0149 e. The molecule has 2 fully saturated rings. The molecule has 1 unspecified atom stereocenters. The zero-order valence-electron chi connectivity index (χ0n) is 15.4. The van der Waals surface area contributed by atoms with E-state index in [2.05, 4.69) is 47.4 Å². The largest absolute Gasteiger partial charge is 0.0996 e. The number of allylic oxidation sites excluding steroid dienone is 3. The van der Waals surface area contributed by atoms with Crippen LogP contribution in [0.2, 0.25) is 0 Å². The first-order valence-corrected chi connectivity index (χ1v) is 9.35. The van der Waals surface area contributed by atoms with Gasteiger partial charge in [0.2, 0.25) is 0 Å². The molecule has 0 aromatic heterocycles. The van der Waals surface area contributed by atoms with E-state index in [9.17, 15) is 0 Å². The number of fused-ring (bicyclic) bond motifs is 1. The Labute approximate surface area is 138 Å². The summed E-state index contributed by atoms with van der Waals surface area (Å²) in [5, 5.41) is 0. The maximum absolute atomic E-state index is 4.39. The second-order valence-corrected chi connectivity index (χ2v) is 8.35. The van der Waals surface area contributed by atoms with Crippen LogP contribution in [0.5, 0.6) is 0 Å². The molecule has 2 rings (SSSR count). The Morgan fingerprint density at radius 2 is 1.95 bits per heavy atom. The summed E-state index contributed by atoms with van der Waals surface area (Å²) in [7, 11) is 0. The Kier molecular flexibility index (Phi) is 5.41. The van der Waals surface area contributed by atoms with E-state index in [1.807, 2.05) is 0 Å². The van der Waals surface area contributed by atoms with Crippen molar-refractivity contribution in [2.45, 2.75) is 72.6 Å². The summed E-state index contributed by atoms with van der Waals surface area (Å²) in [6, 6.07) is 0. The molecule has 0 amide bonds. The van der Waals surface area contributed by atoms with Crippen molar-refractivity contribution in [3.8, 4) is 0 Å². The Morgan fingerprint density at radius 1 is 1.27 bits per heavy atom. The Balaban J connectivity index is 2.04. The van der Waals surface area contributed by atoms with Gasteiger partial charge in [-0.3, -0.25) is 0 Å². The summed E-state index contributed by atoms with van der Waals surface area (Å²) in [4.78, 5) is 0. The molecule has 2 aliphatic rings. The van der Waals surface area contributed by atoms with Crippen LogP contribution in [-0.2, 0) is 0 Å². The van der Waals surface area contributed by atoms with Gasteiger partial charge in [0, 0.05) is 0 Å². The third-order valence-electron chi connectivity index (χ3n) is 7.00. The van der Waals surface area contributed by atoms with Gasteiger partial charge in [-0.05, 0) is 79.6 Å². The Bertz CT molecular complexity index is 455. The average Bonchev–Trinajstić information content (AvgIpc) is 2.84. The summed E-state index contributed by atoms with van der Waals surface area (Å²) >= 11 is 0. The van der Waals surface area contributed by atoms with Crippen LogP contribution < -0.4 is 0 Å². The zero-order chi connectivity index (χ0) is 16.5. The van der Waals surface area contributed by atoms with Gasteiger partial charge in [-0.25, -0.2) is 0 Å². The predicted molar refractivity (Wildman–Crippen MR) is 98.8 cm³/mol. The minimum atomic E-state index is 0.511. The Hall–Kier alpha value is -0.780. The van der Waals surface area contributed by atoms with E-state index in [1.54, 1.807) is 5.57 Å². The monoisotopic (exact) mass is 300 g/mol. The van der Waals surface area contributed by atoms with Crippen LogP contribution in [0.15, 0.2) is 36.5 Å². The van der Waals surface area contributed by atoms with Crippen LogP contribution in [0.25, 0.3) is 0 Å². The van der Waals surface area contributed by atoms with Crippen molar-refractivity contribution in [2.75, 3.05) is 0 Å². The fourth-order valence-electron chi connectivity index (χ4n) is 5.54. The maximum atomic E-state index is 4.39. The van der Waals surface area contributed by atoms with Crippen molar-refractivity contribution < 1.29 is 0 Å². The Morgan fingerprint density at radius 3 is 2.59 bits per heavy atom. The third-order valence-corrected chi connectivity index (χ3v) is 7.00. The van der Waals surface area contributed by atoms with Crippen LogP contribution >= 0.6 is 0 Å². The second-order valence-electron chi connectivity index (χ2n) is 8.35. The summed E-state index contributed by atoms with van der Waals surface area (Å²) in [6.45, 7) is 22.4. The molecular weight excluding hydrogens is 264 g/mol. The lowest BCUT2D eigenvalue weighted by Gasteiger charge is -2.44. The molecule has 0 aromatic rings. The molecule has 0 bridgehead atoms. The lowest BCUT2D eigenvalue weighted by Crippen LogP contribution is -2.36. The summed E-state index contributed by atoms with van der Waals surface area (Å²) < 4.78 is 0. The fraction of sp³-hybridized carbons (Fsp3) is 0.727. The highest BCUT2D eigenvalue weighted by Crippen LogP contribution is 2.59. The molecule has 2 aliphatic carbocycles. The van der Waals surface area contributed by atoms with Crippen molar-refractivity contribution >= 4 is 0 Å². The minimum absolute atomic E-state index is 0.511. The number of rotatable bonds is 6. The zero-order valence-corrected chi connectivity index (χ0v) is 15.4. The van der Waals surface area contributed by atoms with E-state index in [0.29, 0.717) is 11.3 Å². The SMILES string of the molecule is C=C(CC)C(=C)C(C)C[C@@H](C)[C@H]1CC[C@H]2C(=C)CCC[C@]12C. The molecule has 5 atom stereocenters. The van der Waals surface area contributed by atoms with Gasteiger partial charge in [0.25, 0.3) is 0 Å². The van der Waals surface area contributed by atoms with Crippen LogP contribution in [0.3, 0.4) is 0 Å². The van der Waals surface area contributed by atoms with Gasteiger partial charge >= 0.3 is 0 Å². The predicted octanol–water partition coefficient (Wildman–Crippen LogP) is 6.94. The molecule has 0 aromatic carbocycles. The third kappa shape index (κ3) is 3.12. The molecule has 0 saturated heterocycles. The van der Waals surface area contributed by atoms with E-state index >= 15 is 0 Å². The quantitative estimate of drug-likeness (QED) is 0.368. The molecule has 124 valence electrons. The van der Waals surface area contributed by atoms with Gasteiger partial charge in [-0.15, -0.1) is 0 Å². The van der Waals surface area contributed by atoms with Crippen LogP contribution in [-0.4, -0.2) is 0 Å². The molecule has 0 nitrogen and oxygen atoms in total. The molecule has 0 aliphatic heterocycles. The summed E-state index contributed by atoms with van der Waals surface area (Å²) in [5.74, 6) is 2.99. The first-order valence-electron chi connectivity index (χ1n) is 9.35. The van der Waals surface area contributed by atoms with Gasteiger partial charge in [0.05, 0.1) is 0 Å². The normalized spacial score (nSPS) is 34.1. The van der Waals surface area contributed by atoms with Gasteiger partial charge < -0.3 is 0 Å². The standard InChI is InChI=1S/C22H36/c1-8-15(2)19(6)17(4)14-18(5)21-12-11-20-16(3)10-9-13-22(20,21)7/h17-18,20-21H,2-3,6,8-14H2,1,4-5,7H3/t17?,18-,20+,21-,22+/m1/s1. The number of hydrogen-bond donors (Lipinski definition) is 0. The molecule has 0 radical (unpaired) electrons. The smallest absolute Gasteiger partial charge is 0.0149 e. The molecule has 0 heteroatoms. The molecule has 22 heavy (non-hydrogen) atoms. The van der Waals surface area contributed by atoms with Crippen LogP contribution in [0, 0.1) is 29.1 Å². The average molecular weight is 301 g/mol. The highest BCUT2D eigenvalue weighted by molar-refractivity contribution is 5.26.